The first-order valence-electron chi connectivity index (χ1n) is 9.02. The highest BCUT2D eigenvalue weighted by Crippen LogP contribution is 2.45. The molecule has 27 heavy (non-hydrogen) atoms. The highest BCUT2D eigenvalue weighted by molar-refractivity contribution is 6.00. The Balaban J connectivity index is 1.95. The fourth-order valence-corrected chi connectivity index (χ4v) is 3.76. The summed E-state index contributed by atoms with van der Waals surface area (Å²) in [6.45, 7) is 7.99. The van der Waals surface area contributed by atoms with Crippen LogP contribution in [0.4, 0.5) is 4.39 Å². The third kappa shape index (κ3) is 2.83. The van der Waals surface area contributed by atoms with Gasteiger partial charge in [0.15, 0.2) is 0 Å². The maximum Gasteiger partial charge on any atom is 0.273 e. The van der Waals surface area contributed by atoms with Crippen LogP contribution < -0.4 is 0 Å². The molecule has 0 saturated heterocycles. The summed E-state index contributed by atoms with van der Waals surface area (Å²) in [6, 6.07) is 14.1. The minimum absolute atomic E-state index is 0.113. The van der Waals surface area contributed by atoms with E-state index in [9.17, 15) is 9.18 Å². The number of aromatic amines is 1. The van der Waals surface area contributed by atoms with Gasteiger partial charge < -0.3 is 4.90 Å². The van der Waals surface area contributed by atoms with E-state index in [1.807, 2.05) is 62.9 Å². The number of halogens is 1. The second-order valence-electron chi connectivity index (χ2n) is 8.03. The number of rotatable bonds is 2. The van der Waals surface area contributed by atoms with E-state index in [4.69, 9.17) is 0 Å². The molecule has 4 nitrogen and oxygen atoms in total. The molecule has 1 aliphatic rings. The summed E-state index contributed by atoms with van der Waals surface area (Å²) >= 11 is 0. The molecule has 138 valence electrons. The summed E-state index contributed by atoms with van der Waals surface area (Å²) in [7, 11) is 0. The number of carbonyl (C=O) groups is 1. The molecule has 0 aliphatic carbocycles. The molecular weight excluding hydrogens is 341 g/mol. The number of H-pyrrole nitrogens is 1. The van der Waals surface area contributed by atoms with E-state index in [0.29, 0.717) is 5.69 Å². The summed E-state index contributed by atoms with van der Waals surface area (Å²) in [5.74, 6) is -0.430. The third-order valence-electron chi connectivity index (χ3n) is 4.98. The van der Waals surface area contributed by atoms with Crippen LogP contribution in [0.5, 0.6) is 0 Å². The van der Waals surface area contributed by atoms with E-state index < -0.39 is 11.6 Å². The van der Waals surface area contributed by atoms with E-state index in [-0.39, 0.29) is 11.7 Å². The van der Waals surface area contributed by atoms with E-state index in [1.54, 1.807) is 6.07 Å². The number of benzene rings is 2. The van der Waals surface area contributed by atoms with Gasteiger partial charge in [-0.3, -0.25) is 9.89 Å². The number of carbonyl (C=O) groups excluding carboxylic acids is 1. The van der Waals surface area contributed by atoms with Crippen LogP contribution in [-0.4, -0.2) is 26.5 Å². The Bertz CT molecular complexity index is 1010. The molecule has 2 heterocycles. The molecule has 1 aliphatic heterocycles. The molecule has 1 N–H and O–H groups in total. The molecule has 3 aromatic rings. The van der Waals surface area contributed by atoms with Gasteiger partial charge in [0.1, 0.15) is 11.5 Å². The molecule has 1 aromatic heterocycles. The van der Waals surface area contributed by atoms with Crippen LogP contribution in [0, 0.1) is 12.7 Å². The van der Waals surface area contributed by atoms with Crippen molar-refractivity contribution in [2.45, 2.75) is 39.3 Å². The normalized spacial score (nSPS) is 16.7. The first-order chi connectivity index (χ1) is 12.8. The Kier molecular flexibility index (Phi) is 3.91. The van der Waals surface area contributed by atoms with Crippen molar-refractivity contribution >= 4 is 5.91 Å². The molecule has 2 aromatic carbocycles. The van der Waals surface area contributed by atoms with Crippen molar-refractivity contribution < 1.29 is 9.18 Å². The lowest BCUT2D eigenvalue weighted by Crippen LogP contribution is -2.44. The van der Waals surface area contributed by atoms with Gasteiger partial charge in [-0.15, -0.1) is 0 Å². The van der Waals surface area contributed by atoms with Gasteiger partial charge in [0.2, 0.25) is 0 Å². The fourth-order valence-electron chi connectivity index (χ4n) is 3.76. The van der Waals surface area contributed by atoms with Crippen LogP contribution in [0.1, 0.15) is 54.0 Å². The molecule has 4 rings (SSSR count). The van der Waals surface area contributed by atoms with Crippen LogP contribution in [0.15, 0.2) is 48.5 Å². The van der Waals surface area contributed by atoms with E-state index in [0.717, 1.165) is 27.9 Å². The lowest BCUT2D eigenvalue weighted by atomic mass is 9.93. The van der Waals surface area contributed by atoms with Gasteiger partial charge in [0, 0.05) is 16.7 Å². The van der Waals surface area contributed by atoms with Gasteiger partial charge in [-0.2, -0.15) is 5.10 Å². The molecule has 0 spiro atoms. The predicted octanol–water partition coefficient (Wildman–Crippen LogP) is 4.87. The highest BCUT2D eigenvalue weighted by Gasteiger charge is 2.46. The van der Waals surface area contributed by atoms with Crippen LogP contribution >= 0.6 is 0 Å². The topological polar surface area (TPSA) is 49.0 Å². The lowest BCUT2D eigenvalue weighted by molar-refractivity contribution is 0.0545. The maximum absolute atomic E-state index is 14.0. The fraction of sp³-hybridized carbons (Fsp3) is 0.273. The molecule has 0 radical (unpaired) electrons. The molecule has 1 unspecified atom stereocenters. The molecule has 0 saturated carbocycles. The number of nitrogens with one attached hydrogen (secondary N) is 1. The third-order valence-corrected chi connectivity index (χ3v) is 4.98. The molecule has 1 atom stereocenters. The molecule has 0 fully saturated rings. The number of nitrogens with zero attached hydrogens (tertiary/aromatic N) is 2. The van der Waals surface area contributed by atoms with Gasteiger partial charge in [-0.25, -0.2) is 4.39 Å². The summed E-state index contributed by atoms with van der Waals surface area (Å²) in [4.78, 5) is 15.0. The Morgan fingerprint density at radius 1 is 1.11 bits per heavy atom. The first-order valence-corrected chi connectivity index (χ1v) is 9.02. The smallest absolute Gasteiger partial charge is 0.273 e. The second-order valence-corrected chi connectivity index (χ2v) is 8.03. The molecular formula is C22H22FN3O. The largest absolute Gasteiger partial charge is 0.321 e. The van der Waals surface area contributed by atoms with Gasteiger partial charge in [0.05, 0.1) is 11.7 Å². The zero-order valence-corrected chi connectivity index (χ0v) is 15.9. The Labute approximate surface area is 158 Å². The van der Waals surface area contributed by atoms with Crippen molar-refractivity contribution in [2.24, 2.45) is 0 Å². The van der Waals surface area contributed by atoms with Crippen molar-refractivity contribution in [3.8, 4) is 11.3 Å². The van der Waals surface area contributed by atoms with Crippen molar-refractivity contribution in [3.63, 3.8) is 0 Å². The van der Waals surface area contributed by atoms with E-state index >= 15 is 0 Å². The van der Waals surface area contributed by atoms with Crippen molar-refractivity contribution in [2.75, 3.05) is 0 Å². The average molecular weight is 363 g/mol. The SMILES string of the molecule is Cc1ccc(-c2n[nH]c3c2C(c2cccc(F)c2)N(C(C)(C)C)C3=O)cc1. The van der Waals surface area contributed by atoms with Crippen molar-refractivity contribution in [1.29, 1.82) is 0 Å². The molecule has 5 heteroatoms. The zero-order chi connectivity index (χ0) is 19.3. The monoisotopic (exact) mass is 363 g/mol. The van der Waals surface area contributed by atoms with E-state index in [1.165, 1.54) is 12.1 Å². The lowest BCUT2D eigenvalue weighted by Gasteiger charge is -2.37. The summed E-state index contributed by atoms with van der Waals surface area (Å²) in [5, 5.41) is 7.37. The van der Waals surface area contributed by atoms with Crippen molar-refractivity contribution in [3.05, 3.63) is 76.7 Å². The van der Waals surface area contributed by atoms with Crippen LogP contribution in [0.2, 0.25) is 0 Å². The van der Waals surface area contributed by atoms with Crippen LogP contribution in [-0.2, 0) is 0 Å². The van der Waals surface area contributed by atoms with Gasteiger partial charge in [0.25, 0.3) is 5.91 Å². The maximum atomic E-state index is 14.0. The Hall–Kier alpha value is -2.95. The first kappa shape index (κ1) is 17.5. The molecule has 0 bridgehead atoms. The van der Waals surface area contributed by atoms with Crippen LogP contribution in [0.25, 0.3) is 11.3 Å². The quantitative estimate of drug-likeness (QED) is 0.706. The predicted molar refractivity (Wildman–Crippen MR) is 103 cm³/mol. The standard InChI is InChI=1S/C22H22FN3O/c1-13-8-10-14(11-9-13)18-17-19(25-24-18)21(27)26(22(2,3)4)20(17)15-6-5-7-16(23)12-15/h5-12,20H,1-4H3,(H,24,25). The minimum atomic E-state index is -0.432. The highest BCUT2D eigenvalue weighted by atomic mass is 19.1. The van der Waals surface area contributed by atoms with Crippen molar-refractivity contribution in [1.82, 2.24) is 15.1 Å². The zero-order valence-electron chi connectivity index (χ0n) is 15.9. The van der Waals surface area contributed by atoms with E-state index in [2.05, 4.69) is 10.2 Å². The number of hydrogen-bond acceptors (Lipinski definition) is 2. The number of amides is 1. The average Bonchev–Trinajstić information content (AvgIpc) is 3.14. The molecule has 1 amide bonds. The second kappa shape index (κ2) is 6.05. The Morgan fingerprint density at radius 2 is 1.81 bits per heavy atom. The van der Waals surface area contributed by atoms with Gasteiger partial charge in [-0.05, 0) is 45.4 Å². The summed E-state index contributed by atoms with van der Waals surface area (Å²) in [6.07, 6.45) is 0. The minimum Gasteiger partial charge on any atom is -0.321 e. The number of hydrogen-bond donors (Lipinski definition) is 1. The summed E-state index contributed by atoms with van der Waals surface area (Å²) < 4.78 is 14.0. The number of aryl methyl sites for hydroxylation is 1. The number of fused-ring (bicyclic) bond motifs is 1. The van der Waals surface area contributed by atoms with Gasteiger partial charge in [-0.1, -0.05) is 42.0 Å². The number of aromatic nitrogens is 2. The van der Waals surface area contributed by atoms with Crippen LogP contribution in [0.3, 0.4) is 0 Å². The Morgan fingerprint density at radius 3 is 2.44 bits per heavy atom. The van der Waals surface area contributed by atoms with Gasteiger partial charge >= 0.3 is 0 Å². The summed E-state index contributed by atoms with van der Waals surface area (Å²) in [5.41, 5.74) is 4.42.